The lowest BCUT2D eigenvalue weighted by atomic mass is 10.2. The van der Waals surface area contributed by atoms with Gasteiger partial charge in [-0.2, -0.15) is 5.26 Å². The molecule has 3 rings (SSSR count). The number of para-hydroxylation sites is 3. The first kappa shape index (κ1) is 20.7. The molecule has 0 radical (unpaired) electrons. The zero-order valence-electron chi connectivity index (χ0n) is 16.8. The first-order chi connectivity index (χ1) is 14.6. The number of ether oxygens (including phenoxy) is 3. The van der Waals surface area contributed by atoms with E-state index in [9.17, 15) is 10.1 Å². The Bertz CT molecular complexity index is 1040. The van der Waals surface area contributed by atoms with Gasteiger partial charge in [-0.25, -0.2) is 0 Å². The molecule has 3 aromatic rings. The Kier molecular flexibility index (Phi) is 6.91. The number of nitriles is 1. The van der Waals surface area contributed by atoms with E-state index in [1.807, 2.05) is 25.1 Å². The molecule has 3 aromatic carbocycles. The number of amides is 1. The summed E-state index contributed by atoms with van der Waals surface area (Å²) in [6, 6.07) is 23.2. The van der Waals surface area contributed by atoms with Gasteiger partial charge in [0, 0.05) is 0 Å². The number of nitrogens with one attached hydrogen (secondary N) is 1. The normalized spacial score (nSPS) is 11.1. The maximum absolute atomic E-state index is 12.6. The fraction of sp³-hybridized carbons (Fsp3) is 0.167. The summed E-state index contributed by atoms with van der Waals surface area (Å²) >= 11 is 0. The molecule has 0 spiro atoms. The maximum atomic E-state index is 12.6. The molecule has 6 heteroatoms. The average molecular weight is 402 g/mol. The van der Waals surface area contributed by atoms with E-state index in [1.165, 1.54) is 0 Å². The molecule has 6 nitrogen and oxygen atoms in total. The number of carbonyl (C=O) groups is 1. The highest BCUT2D eigenvalue weighted by molar-refractivity contribution is 5.95. The molecule has 0 aliphatic rings. The van der Waals surface area contributed by atoms with Crippen LogP contribution in [0.2, 0.25) is 0 Å². The highest BCUT2D eigenvalue weighted by Crippen LogP contribution is 2.30. The Morgan fingerprint density at radius 3 is 2.30 bits per heavy atom. The molecular weight excluding hydrogens is 380 g/mol. The van der Waals surface area contributed by atoms with Gasteiger partial charge in [0.25, 0.3) is 5.91 Å². The Morgan fingerprint density at radius 2 is 1.60 bits per heavy atom. The summed E-state index contributed by atoms with van der Waals surface area (Å²) in [7, 11) is 0. The fourth-order valence-electron chi connectivity index (χ4n) is 2.70. The van der Waals surface area contributed by atoms with E-state index >= 15 is 0 Å². The van der Waals surface area contributed by atoms with Gasteiger partial charge < -0.3 is 19.5 Å². The van der Waals surface area contributed by atoms with Crippen molar-refractivity contribution in [3.8, 4) is 29.1 Å². The highest BCUT2D eigenvalue weighted by Gasteiger charge is 2.18. The van der Waals surface area contributed by atoms with Crippen molar-refractivity contribution in [2.75, 3.05) is 11.9 Å². The SMILES string of the molecule is CCOc1ccc(Oc2ccccc2NC(=O)C(C)Oc2ccccc2C#N)cc1. The lowest BCUT2D eigenvalue weighted by Gasteiger charge is -2.17. The molecular formula is C24H22N2O4. The van der Waals surface area contributed by atoms with Crippen LogP contribution in [0.1, 0.15) is 19.4 Å². The van der Waals surface area contributed by atoms with E-state index in [1.54, 1.807) is 61.5 Å². The molecule has 0 fully saturated rings. The molecule has 0 heterocycles. The number of carbonyl (C=O) groups excluding carboxylic acids is 1. The summed E-state index contributed by atoms with van der Waals surface area (Å²) < 4.78 is 17.0. The van der Waals surface area contributed by atoms with Crippen molar-refractivity contribution >= 4 is 11.6 Å². The van der Waals surface area contributed by atoms with Gasteiger partial charge in [-0.1, -0.05) is 24.3 Å². The summed E-state index contributed by atoms with van der Waals surface area (Å²) in [6.07, 6.45) is -0.807. The van der Waals surface area contributed by atoms with Gasteiger partial charge in [0.15, 0.2) is 11.9 Å². The van der Waals surface area contributed by atoms with Crippen LogP contribution in [-0.2, 0) is 4.79 Å². The van der Waals surface area contributed by atoms with Gasteiger partial charge in [-0.15, -0.1) is 0 Å². The third kappa shape index (κ3) is 5.30. The molecule has 152 valence electrons. The van der Waals surface area contributed by atoms with Crippen LogP contribution in [0, 0.1) is 11.3 Å². The van der Waals surface area contributed by atoms with Gasteiger partial charge >= 0.3 is 0 Å². The second-order valence-corrected chi connectivity index (χ2v) is 6.36. The predicted octanol–water partition coefficient (Wildman–Crippen LogP) is 5.16. The molecule has 1 unspecified atom stereocenters. The number of nitrogens with zero attached hydrogens (tertiary/aromatic N) is 1. The molecule has 1 N–H and O–H groups in total. The number of hydrogen-bond acceptors (Lipinski definition) is 5. The largest absolute Gasteiger partial charge is 0.494 e. The van der Waals surface area contributed by atoms with E-state index in [0.29, 0.717) is 35.1 Å². The molecule has 0 saturated carbocycles. The van der Waals surface area contributed by atoms with Gasteiger partial charge in [0.1, 0.15) is 23.3 Å². The Hall–Kier alpha value is -3.98. The number of benzene rings is 3. The van der Waals surface area contributed by atoms with Crippen molar-refractivity contribution in [3.05, 3.63) is 78.4 Å². The number of hydrogen-bond donors (Lipinski definition) is 1. The third-order valence-corrected chi connectivity index (χ3v) is 4.19. The van der Waals surface area contributed by atoms with E-state index in [0.717, 1.165) is 5.75 Å². The van der Waals surface area contributed by atoms with Crippen LogP contribution in [0.4, 0.5) is 5.69 Å². The molecule has 0 bridgehead atoms. The Balaban J connectivity index is 1.69. The number of anilines is 1. The van der Waals surface area contributed by atoms with Crippen molar-refractivity contribution in [3.63, 3.8) is 0 Å². The smallest absolute Gasteiger partial charge is 0.265 e. The monoisotopic (exact) mass is 402 g/mol. The number of rotatable bonds is 8. The first-order valence-corrected chi connectivity index (χ1v) is 9.57. The van der Waals surface area contributed by atoms with Crippen molar-refractivity contribution < 1.29 is 19.0 Å². The molecule has 0 aromatic heterocycles. The second kappa shape index (κ2) is 9.99. The third-order valence-electron chi connectivity index (χ3n) is 4.19. The summed E-state index contributed by atoms with van der Waals surface area (Å²) in [6.45, 7) is 4.14. The van der Waals surface area contributed by atoms with Crippen LogP contribution in [0.5, 0.6) is 23.0 Å². The van der Waals surface area contributed by atoms with Crippen LogP contribution in [0.25, 0.3) is 0 Å². The van der Waals surface area contributed by atoms with Crippen molar-refractivity contribution in [1.82, 2.24) is 0 Å². The van der Waals surface area contributed by atoms with Crippen LogP contribution in [0.15, 0.2) is 72.8 Å². The summed E-state index contributed by atoms with van der Waals surface area (Å²) in [5.41, 5.74) is 0.886. The maximum Gasteiger partial charge on any atom is 0.265 e. The van der Waals surface area contributed by atoms with E-state index in [2.05, 4.69) is 11.4 Å². The van der Waals surface area contributed by atoms with E-state index < -0.39 is 6.10 Å². The van der Waals surface area contributed by atoms with Crippen molar-refractivity contribution in [2.45, 2.75) is 20.0 Å². The molecule has 0 saturated heterocycles. The first-order valence-electron chi connectivity index (χ1n) is 9.57. The average Bonchev–Trinajstić information content (AvgIpc) is 2.77. The highest BCUT2D eigenvalue weighted by atomic mass is 16.5. The molecule has 1 amide bonds. The van der Waals surface area contributed by atoms with E-state index in [4.69, 9.17) is 14.2 Å². The molecule has 30 heavy (non-hydrogen) atoms. The van der Waals surface area contributed by atoms with Crippen LogP contribution >= 0.6 is 0 Å². The predicted molar refractivity (Wildman–Crippen MR) is 114 cm³/mol. The molecule has 0 aliphatic heterocycles. The van der Waals surface area contributed by atoms with Crippen LogP contribution < -0.4 is 19.5 Å². The van der Waals surface area contributed by atoms with Crippen LogP contribution in [-0.4, -0.2) is 18.6 Å². The summed E-state index contributed by atoms with van der Waals surface area (Å²) in [5, 5.41) is 12.0. The topological polar surface area (TPSA) is 80.6 Å². The zero-order valence-corrected chi connectivity index (χ0v) is 16.8. The fourth-order valence-corrected chi connectivity index (χ4v) is 2.70. The Labute approximate surface area is 175 Å². The van der Waals surface area contributed by atoms with Gasteiger partial charge in [0.05, 0.1) is 17.9 Å². The lowest BCUT2D eigenvalue weighted by molar-refractivity contribution is -0.122. The van der Waals surface area contributed by atoms with Gasteiger partial charge in [-0.3, -0.25) is 4.79 Å². The molecule has 1 atom stereocenters. The lowest BCUT2D eigenvalue weighted by Crippen LogP contribution is -2.30. The van der Waals surface area contributed by atoms with Gasteiger partial charge in [-0.05, 0) is 62.4 Å². The standard InChI is InChI=1S/C24H22N2O4/c1-3-28-19-12-14-20(15-13-19)30-23-11-7-5-9-21(23)26-24(27)17(2)29-22-10-6-4-8-18(22)16-25/h4-15,17H,3H2,1-2H3,(H,26,27). The summed E-state index contributed by atoms with van der Waals surface area (Å²) in [5.74, 6) is 1.88. The second-order valence-electron chi connectivity index (χ2n) is 6.36. The Morgan fingerprint density at radius 1 is 0.967 bits per heavy atom. The quantitative estimate of drug-likeness (QED) is 0.563. The zero-order chi connectivity index (χ0) is 21.3. The van der Waals surface area contributed by atoms with Crippen molar-refractivity contribution in [1.29, 1.82) is 5.26 Å². The minimum Gasteiger partial charge on any atom is -0.494 e. The minimum atomic E-state index is -0.807. The van der Waals surface area contributed by atoms with Gasteiger partial charge in [0.2, 0.25) is 0 Å². The summed E-state index contributed by atoms with van der Waals surface area (Å²) in [4.78, 5) is 12.6. The molecule has 0 aliphatic carbocycles. The van der Waals surface area contributed by atoms with Crippen molar-refractivity contribution in [2.24, 2.45) is 0 Å². The van der Waals surface area contributed by atoms with Crippen LogP contribution in [0.3, 0.4) is 0 Å². The minimum absolute atomic E-state index is 0.356. The van der Waals surface area contributed by atoms with E-state index in [-0.39, 0.29) is 5.91 Å².